The van der Waals surface area contributed by atoms with E-state index in [1.54, 1.807) is 6.33 Å². The summed E-state index contributed by atoms with van der Waals surface area (Å²) < 4.78 is 0. The molecule has 0 radical (unpaired) electrons. The molecule has 4 heteroatoms. The van der Waals surface area contributed by atoms with E-state index in [9.17, 15) is 0 Å². The minimum Gasteiger partial charge on any atom is -0.351 e. The van der Waals surface area contributed by atoms with Gasteiger partial charge in [-0.15, -0.1) is 0 Å². The summed E-state index contributed by atoms with van der Waals surface area (Å²) in [7, 11) is 0. The number of aromatic nitrogens is 4. The smallest absolute Gasteiger partial charge is 0.116 e. The molecule has 3 aromatic carbocycles. The summed E-state index contributed by atoms with van der Waals surface area (Å²) >= 11 is 0. The summed E-state index contributed by atoms with van der Waals surface area (Å²) in [6.07, 6.45) is 5.43. The Labute approximate surface area is 137 Å². The normalized spacial score (nSPS) is 12.8. The van der Waals surface area contributed by atoms with Crippen LogP contribution in [0.5, 0.6) is 0 Å². The molecule has 0 aliphatic carbocycles. The number of aryl methyl sites for hydroxylation is 1. The number of H-pyrrole nitrogens is 1. The third-order valence-electron chi connectivity index (χ3n) is 4.57. The topological polar surface area (TPSA) is 54.5 Å². The van der Waals surface area contributed by atoms with Crippen molar-refractivity contribution >= 4 is 49.9 Å². The van der Waals surface area contributed by atoms with E-state index in [2.05, 4.69) is 46.7 Å². The van der Waals surface area contributed by atoms with E-state index in [4.69, 9.17) is 4.98 Å². The number of benzene rings is 2. The van der Waals surface area contributed by atoms with Crippen LogP contribution in [0.2, 0.25) is 0 Å². The second kappa shape index (κ2) is 4.61. The molecular formula is C20H14N4. The van der Waals surface area contributed by atoms with Gasteiger partial charge in [-0.2, -0.15) is 0 Å². The van der Waals surface area contributed by atoms with Gasteiger partial charge in [0.15, 0.2) is 0 Å². The molecule has 114 valence electrons. The molecular weight excluding hydrogens is 296 g/mol. The van der Waals surface area contributed by atoms with Crippen molar-refractivity contribution in [1.29, 1.82) is 0 Å². The molecule has 0 saturated carbocycles. The molecule has 0 aliphatic rings. The standard InChI is InChI=1S/C20H14N4/c1-3-5-12-18-11(2)6-4-7-13(18)20-19(12)23-16-8-14-15(22-10-21-14)9-17(16)24-20/h3-10,24H,1H2,2H3/b12-5+. The van der Waals surface area contributed by atoms with Gasteiger partial charge in [-0.05, 0) is 30.0 Å². The van der Waals surface area contributed by atoms with Crippen LogP contribution in [0, 0.1) is 6.92 Å². The number of fused-ring (bicyclic) bond motifs is 5. The SMILES string of the molecule is C=C/C=c1/c2nc3cc4ncnc4cc3[nH]c2c2cccc(C)c12. The summed E-state index contributed by atoms with van der Waals surface area (Å²) in [5.41, 5.74) is 6.85. The van der Waals surface area contributed by atoms with Crippen LogP contribution in [0.1, 0.15) is 5.56 Å². The Balaban J connectivity index is 2.08. The van der Waals surface area contributed by atoms with Crippen LogP contribution < -0.4 is 5.22 Å². The maximum Gasteiger partial charge on any atom is 0.116 e. The van der Waals surface area contributed by atoms with Gasteiger partial charge in [0.05, 0.1) is 33.1 Å². The molecule has 0 saturated heterocycles. The van der Waals surface area contributed by atoms with Gasteiger partial charge >= 0.3 is 0 Å². The van der Waals surface area contributed by atoms with E-state index in [1.165, 1.54) is 16.3 Å². The van der Waals surface area contributed by atoms with Crippen molar-refractivity contribution < 1.29 is 0 Å². The van der Waals surface area contributed by atoms with Gasteiger partial charge < -0.3 is 4.98 Å². The van der Waals surface area contributed by atoms with Crippen LogP contribution in [0.25, 0.3) is 49.9 Å². The molecule has 0 fully saturated rings. The molecule has 4 nitrogen and oxygen atoms in total. The molecule has 2 aromatic heterocycles. The zero-order chi connectivity index (χ0) is 16.3. The molecule has 0 unspecified atom stereocenters. The van der Waals surface area contributed by atoms with E-state index in [1.807, 2.05) is 24.3 Å². The number of imidazole rings is 1. The van der Waals surface area contributed by atoms with Gasteiger partial charge in [-0.25, -0.2) is 15.0 Å². The molecule has 1 N–H and O–H groups in total. The largest absolute Gasteiger partial charge is 0.351 e. The first-order valence-corrected chi connectivity index (χ1v) is 7.84. The first kappa shape index (κ1) is 13.2. The number of rotatable bonds is 1. The Morgan fingerprint density at radius 1 is 1.08 bits per heavy atom. The van der Waals surface area contributed by atoms with Crippen LogP contribution in [0.3, 0.4) is 0 Å². The second-order valence-electron chi connectivity index (χ2n) is 6.01. The summed E-state index contributed by atoms with van der Waals surface area (Å²) in [6.45, 7) is 5.99. The summed E-state index contributed by atoms with van der Waals surface area (Å²) in [5, 5.41) is 3.52. The maximum absolute atomic E-state index is 4.93. The molecule has 2 heterocycles. The molecule has 0 amide bonds. The fraction of sp³-hybridized carbons (Fsp3) is 0.0500. The summed E-state index contributed by atoms with van der Waals surface area (Å²) in [6, 6.07) is 10.3. The van der Waals surface area contributed by atoms with Crippen LogP contribution in [-0.2, 0) is 0 Å². The van der Waals surface area contributed by atoms with Gasteiger partial charge in [0, 0.05) is 10.6 Å². The monoisotopic (exact) mass is 310 g/mol. The summed E-state index contributed by atoms with van der Waals surface area (Å²) in [5.74, 6) is 0. The third-order valence-corrected chi connectivity index (χ3v) is 4.57. The maximum atomic E-state index is 4.93. The second-order valence-corrected chi connectivity index (χ2v) is 6.01. The summed E-state index contributed by atoms with van der Waals surface area (Å²) in [4.78, 5) is 17.0. The van der Waals surface area contributed by atoms with Crippen LogP contribution >= 0.6 is 0 Å². The number of nitrogens with one attached hydrogen (secondary N) is 1. The zero-order valence-corrected chi connectivity index (χ0v) is 13.2. The van der Waals surface area contributed by atoms with Crippen molar-refractivity contribution in [2.24, 2.45) is 0 Å². The van der Waals surface area contributed by atoms with Crippen molar-refractivity contribution in [2.45, 2.75) is 6.92 Å². The molecule has 5 aromatic rings. The van der Waals surface area contributed by atoms with Crippen molar-refractivity contribution in [3.05, 3.63) is 60.1 Å². The Morgan fingerprint density at radius 2 is 1.92 bits per heavy atom. The number of aromatic amines is 1. The highest BCUT2D eigenvalue weighted by atomic mass is 14.9. The lowest BCUT2D eigenvalue weighted by atomic mass is 10.1. The van der Waals surface area contributed by atoms with E-state index < -0.39 is 0 Å². The number of hydrogen-bond acceptors (Lipinski definition) is 3. The minimum atomic E-state index is 0.865. The quantitative estimate of drug-likeness (QED) is 0.512. The lowest BCUT2D eigenvalue weighted by molar-refractivity contribution is 1.34. The molecule has 0 spiro atoms. The van der Waals surface area contributed by atoms with Gasteiger partial charge in [0.2, 0.25) is 0 Å². The van der Waals surface area contributed by atoms with E-state index in [-0.39, 0.29) is 0 Å². The van der Waals surface area contributed by atoms with Crippen molar-refractivity contribution in [3.63, 3.8) is 0 Å². The average molecular weight is 310 g/mol. The predicted octanol–water partition coefficient (Wildman–Crippen LogP) is 3.81. The first-order valence-electron chi connectivity index (χ1n) is 7.84. The molecule has 0 atom stereocenters. The zero-order valence-electron chi connectivity index (χ0n) is 13.2. The fourth-order valence-electron chi connectivity index (χ4n) is 3.51. The van der Waals surface area contributed by atoms with Gasteiger partial charge in [-0.1, -0.05) is 36.9 Å². The fourth-order valence-corrected chi connectivity index (χ4v) is 3.51. The van der Waals surface area contributed by atoms with Gasteiger partial charge in [-0.3, -0.25) is 0 Å². The van der Waals surface area contributed by atoms with Crippen molar-refractivity contribution in [1.82, 2.24) is 19.9 Å². The Morgan fingerprint density at radius 3 is 2.75 bits per heavy atom. The molecule has 5 rings (SSSR count). The lowest BCUT2D eigenvalue weighted by Crippen LogP contribution is -2.01. The first-order chi connectivity index (χ1) is 11.8. The molecule has 0 bridgehead atoms. The highest BCUT2D eigenvalue weighted by Gasteiger charge is 2.12. The average Bonchev–Trinajstić information content (AvgIpc) is 3.15. The van der Waals surface area contributed by atoms with Crippen LogP contribution in [0.15, 0.2) is 49.3 Å². The van der Waals surface area contributed by atoms with E-state index in [0.29, 0.717) is 0 Å². The highest BCUT2D eigenvalue weighted by Crippen LogP contribution is 2.27. The number of hydrogen-bond donors (Lipinski definition) is 1. The Kier molecular flexibility index (Phi) is 2.54. The van der Waals surface area contributed by atoms with Gasteiger partial charge in [0.1, 0.15) is 6.33 Å². The Bertz CT molecular complexity index is 1330. The Hall–Kier alpha value is -3.27. The highest BCUT2D eigenvalue weighted by molar-refractivity contribution is 6.12. The van der Waals surface area contributed by atoms with Crippen molar-refractivity contribution in [3.8, 4) is 0 Å². The molecule has 24 heavy (non-hydrogen) atoms. The van der Waals surface area contributed by atoms with Crippen molar-refractivity contribution in [2.75, 3.05) is 0 Å². The molecule has 0 aliphatic heterocycles. The number of nitrogens with zero attached hydrogens (tertiary/aromatic N) is 3. The predicted molar refractivity (Wildman–Crippen MR) is 98.8 cm³/mol. The van der Waals surface area contributed by atoms with Gasteiger partial charge in [0.25, 0.3) is 0 Å². The minimum absolute atomic E-state index is 0.865. The van der Waals surface area contributed by atoms with E-state index in [0.717, 1.165) is 38.3 Å². The third kappa shape index (κ3) is 1.65. The van der Waals surface area contributed by atoms with Crippen LogP contribution in [0.4, 0.5) is 0 Å². The van der Waals surface area contributed by atoms with Crippen LogP contribution in [-0.4, -0.2) is 19.9 Å². The number of allylic oxidation sites excluding steroid dienone is 1. The lowest BCUT2D eigenvalue weighted by Gasteiger charge is -2.00. The van der Waals surface area contributed by atoms with E-state index >= 15 is 0 Å².